The lowest BCUT2D eigenvalue weighted by Gasteiger charge is -2.29. The average Bonchev–Trinajstić information content (AvgIpc) is 2.75. The molecule has 31 heavy (non-hydrogen) atoms. The fourth-order valence-corrected chi connectivity index (χ4v) is 3.13. The lowest BCUT2D eigenvalue weighted by molar-refractivity contribution is -0.141. The van der Waals surface area contributed by atoms with Crippen LogP contribution < -0.4 is 14.8 Å². The van der Waals surface area contributed by atoms with E-state index in [0.717, 1.165) is 17.1 Å². The zero-order chi connectivity index (χ0) is 22.8. The van der Waals surface area contributed by atoms with Gasteiger partial charge in [-0.2, -0.15) is 0 Å². The fraction of sp³-hybridized carbons (Fsp3) is 0.417. The Labute approximate surface area is 189 Å². The third kappa shape index (κ3) is 8.13. The van der Waals surface area contributed by atoms with E-state index < -0.39 is 6.04 Å². The summed E-state index contributed by atoms with van der Waals surface area (Å²) in [6.07, 6.45) is 0.823. The number of halogens is 1. The number of carbonyl (C=O) groups is 2. The van der Waals surface area contributed by atoms with Crippen LogP contribution in [0.5, 0.6) is 11.5 Å². The Hall–Kier alpha value is -2.73. The quantitative estimate of drug-likeness (QED) is 0.518. The molecule has 0 aliphatic carbocycles. The Morgan fingerprint density at radius 1 is 1.00 bits per heavy atom. The highest BCUT2D eigenvalue weighted by Gasteiger charge is 2.26. The van der Waals surface area contributed by atoms with Crippen LogP contribution in [0, 0.1) is 0 Å². The lowest BCUT2D eigenvalue weighted by Crippen LogP contribution is -2.49. The highest BCUT2D eigenvalue weighted by atomic mass is 35.5. The van der Waals surface area contributed by atoms with Crippen molar-refractivity contribution in [2.24, 2.45) is 0 Å². The molecule has 0 heterocycles. The lowest BCUT2D eigenvalue weighted by atomic mass is 10.1. The van der Waals surface area contributed by atoms with Crippen LogP contribution in [0.4, 0.5) is 0 Å². The molecule has 2 aromatic rings. The van der Waals surface area contributed by atoms with Gasteiger partial charge in [-0.3, -0.25) is 9.59 Å². The number of rotatable bonds is 11. The number of benzene rings is 2. The van der Waals surface area contributed by atoms with E-state index in [1.165, 1.54) is 0 Å². The summed E-state index contributed by atoms with van der Waals surface area (Å²) in [4.78, 5) is 27.1. The van der Waals surface area contributed by atoms with Crippen LogP contribution in [-0.2, 0) is 16.1 Å². The maximum Gasteiger partial charge on any atom is 0.242 e. The first-order valence-corrected chi connectivity index (χ1v) is 10.8. The first-order valence-electron chi connectivity index (χ1n) is 10.4. The number of ether oxygens (including phenoxy) is 2. The molecule has 7 heteroatoms. The molecule has 0 unspecified atom stereocenters. The van der Waals surface area contributed by atoms with Gasteiger partial charge in [0.2, 0.25) is 11.8 Å². The summed E-state index contributed by atoms with van der Waals surface area (Å²) in [5.74, 6) is 1.21. The van der Waals surface area contributed by atoms with E-state index in [1.54, 1.807) is 31.1 Å². The molecule has 0 aliphatic rings. The van der Waals surface area contributed by atoms with Gasteiger partial charge in [0.25, 0.3) is 0 Å². The Morgan fingerprint density at radius 3 is 2.19 bits per heavy atom. The van der Waals surface area contributed by atoms with Crippen LogP contribution in [0.15, 0.2) is 48.5 Å². The van der Waals surface area contributed by atoms with Gasteiger partial charge in [-0.25, -0.2) is 0 Å². The second kappa shape index (κ2) is 12.2. The first-order chi connectivity index (χ1) is 14.8. The van der Waals surface area contributed by atoms with Crippen molar-refractivity contribution < 1.29 is 19.1 Å². The second-order valence-electron chi connectivity index (χ2n) is 7.61. The van der Waals surface area contributed by atoms with Gasteiger partial charge >= 0.3 is 0 Å². The van der Waals surface area contributed by atoms with Gasteiger partial charge in [0, 0.05) is 24.0 Å². The molecule has 0 radical (unpaired) electrons. The van der Waals surface area contributed by atoms with Crippen LogP contribution in [-0.4, -0.2) is 42.5 Å². The van der Waals surface area contributed by atoms with Crippen molar-refractivity contribution in [3.8, 4) is 11.5 Å². The van der Waals surface area contributed by atoms with E-state index >= 15 is 0 Å². The summed E-state index contributed by atoms with van der Waals surface area (Å²) < 4.78 is 10.8. The average molecular weight is 447 g/mol. The number of nitrogens with zero attached hydrogens (tertiary/aromatic N) is 1. The van der Waals surface area contributed by atoms with Gasteiger partial charge in [0.1, 0.15) is 17.5 Å². The van der Waals surface area contributed by atoms with Crippen molar-refractivity contribution in [3.63, 3.8) is 0 Å². The van der Waals surface area contributed by atoms with E-state index in [1.807, 2.05) is 50.2 Å². The normalized spacial score (nSPS) is 11.7. The van der Waals surface area contributed by atoms with Gasteiger partial charge in [-0.05, 0) is 69.2 Å². The summed E-state index contributed by atoms with van der Waals surface area (Å²) in [7, 11) is 1.61. The predicted molar refractivity (Wildman–Crippen MR) is 122 cm³/mol. The third-order valence-corrected chi connectivity index (χ3v) is 4.98. The molecule has 0 saturated carbocycles. The molecule has 1 N–H and O–H groups in total. The second-order valence-corrected chi connectivity index (χ2v) is 8.05. The van der Waals surface area contributed by atoms with Crippen LogP contribution in [0.3, 0.4) is 0 Å². The number of methoxy groups -OCH3 is 1. The summed E-state index contributed by atoms with van der Waals surface area (Å²) in [6.45, 7) is 6.28. The number of nitrogens with one attached hydrogen (secondary N) is 1. The number of carbonyl (C=O) groups excluding carboxylic acids is 2. The number of hydrogen-bond donors (Lipinski definition) is 1. The van der Waals surface area contributed by atoms with Crippen LogP contribution in [0.1, 0.15) is 39.2 Å². The molecule has 6 nitrogen and oxygen atoms in total. The summed E-state index contributed by atoms with van der Waals surface area (Å²) in [5.41, 5.74) is 0.913. The van der Waals surface area contributed by atoms with Crippen LogP contribution >= 0.6 is 11.6 Å². The Kier molecular flexibility index (Phi) is 9.66. The monoisotopic (exact) mass is 446 g/mol. The maximum absolute atomic E-state index is 13.0. The van der Waals surface area contributed by atoms with Crippen molar-refractivity contribution in [3.05, 3.63) is 59.1 Å². The maximum atomic E-state index is 13.0. The SMILES string of the molecule is COc1ccc(OCCCC(=O)N(Cc2ccc(Cl)cc2)[C@H](C)C(=O)NC(C)C)cc1. The minimum atomic E-state index is -0.590. The molecule has 0 spiro atoms. The standard InChI is InChI=1S/C24H31ClN2O4/c1-17(2)26-24(29)18(3)27(16-19-7-9-20(25)10-8-19)23(28)6-5-15-31-22-13-11-21(30-4)12-14-22/h7-14,17-18H,5-6,15-16H2,1-4H3,(H,26,29)/t18-/m1/s1. The van der Waals surface area contributed by atoms with Gasteiger partial charge < -0.3 is 19.7 Å². The Morgan fingerprint density at radius 2 is 1.61 bits per heavy atom. The molecule has 0 bridgehead atoms. The highest BCUT2D eigenvalue weighted by Crippen LogP contribution is 2.18. The molecular weight excluding hydrogens is 416 g/mol. The highest BCUT2D eigenvalue weighted by molar-refractivity contribution is 6.30. The molecule has 2 rings (SSSR count). The predicted octanol–water partition coefficient (Wildman–Crippen LogP) is 4.45. The van der Waals surface area contributed by atoms with Gasteiger partial charge in [0.15, 0.2) is 0 Å². The van der Waals surface area contributed by atoms with E-state index in [4.69, 9.17) is 21.1 Å². The Bertz CT molecular complexity index is 838. The van der Waals surface area contributed by atoms with Gasteiger partial charge in [0.05, 0.1) is 13.7 Å². The molecule has 168 valence electrons. The van der Waals surface area contributed by atoms with E-state index in [0.29, 0.717) is 24.6 Å². The van der Waals surface area contributed by atoms with Gasteiger partial charge in [-0.1, -0.05) is 23.7 Å². The zero-order valence-electron chi connectivity index (χ0n) is 18.6. The summed E-state index contributed by atoms with van der Waals surface area (Å²) >= 11 is 5.97. The van der Waals surface area contributed by atoms with Crippen molar-refractivity contribution in [1.82, 2.24) is 10.2 Å². The summed E-state index contributed by atoms with van der Waals surface area (Å²) in [5, 5.41) is 3.51. The largest absolute Gasteiger partial charge is 0.497 e. The van der Waals surface area contributed by atoms with E-state index in [2.05, 4.69) is 5.32 Å². The summed E-state index contributed by atoms with van der Waals surface area (Å²) in [6, 6.07) is 14.0. The minimum absolute atomic E-state index is 0.000306. The van der Waals surface area contributed by atoms with E-state index in [-0.39, 0.29) is 24.3 Å². The molecule has 0 saturated heterocycles. The molecule has 2 amide bonds. The topological polar surface area (TPSA) is 67.9 Å². The van der Waals surface area contributed by atoms with Crippen LogP contribution in [0.25, 0.3) is 0 Å². The minimum Gasteiger partial charge on any atom is -0.497 e. The smallest absolute Gasteiger partial charge is 0.242 e. The van der Waals surface area contributed by atoms with Crippen molar-refractivity contribution in [1.29, 1.82) is 0 Å². The van der Waals surface area contributed by atoms with Crippen molar-refractivity contribution in [2.75, 3.05) is 13.7 Å². The molecule has 1 atom stereocenters. The fourth-order valence-electron chi connectivity index (χ4n) is 3.00. The molecule has 0 aromatic heterocycles. The third-order valence-electron chi connectivity index (χ3n) is 4.73. The van der Waals surface area contributed by atoms with Gasteiger partial charge in [-0.15, -0.1) is 0 Å². The van der Waals surface area contributed by atoms with Crippen molar-refractivity contribution in [2.45, 2.75) is 52.2 Å². The molecule has 0 aliphatic heterocycles. The zero-order valence-corrected chi connectivity index (χ0v) is 19.3. The van der Waals surface area contributed by atoms with Crippen LogP contribution in [0.2, 0.25) is 5.02 Å². The van der Waals surface area contributed by atoms with E-state index in [9.17, 15) is 9.59 Å². The Balaban J connectivity index is 1.97. The van der Waals surface area contributed by atoms with Crippen molar-refractivity contribution >= 4 is 23.4 Å². The first kappa shape index (κ1) is 24.5. The molecule has 0 fully saturated rings. The molecule has 2 aromatic carbocycles. The number of hydrogen-bond acceptors (Lipinski definition) is 4. The number of amides is 2. The molecular formula is C24H31ClN2O4.